The Morgan fingerprint density at radius 3 is 3.06 bits per heavy atom. The van der Waals surface area contributed by atoms with Gasteiger partial charge in [0, 0.05) is 13.0 Å². The minimum Gasteiger partial charge on any atom is -0.444 e. The fraction of sp³-hybridized carbons (Fsp3) is 0.364. The van der Waals surface area contributed by atoms with Crippen LogP contribution in [0.15, 0.2) is 24.3 Å². The summed E-state index contributed by atoms with van der Waals surface area (Å²) in [5.41, 5.74) is 0.477. The summed E-state index contributed by atoms with van der Waals surface area (Å²) in [6.45, 7) is 0.317. The molecule has 1 fully saturated rings. The minimum atomic E-state index is -0.496. The van der Waals surface area contributed by atoms with Gasteiger partial charge in [0.05, 0.1) is 12.2 Å². The predicted octanol–water partition coefficient (Wildman–Crippen LogP) is 1.53. The van der Waals surface area contributed by atoms with Crippen molar-refractivity contribution in [3.8, 4) is 0 Å². The summed E-state index contributed by atoms with van der Waals surface area (Å²) in [6, 6.07) is 5.78. The number of anilines is 1. The van der Waals surface area contributed by atoms with E-state index < -0.39 is 11.9 Å². The number of ether oxygens (including phenoxy) is 1. The molecule has 1 aliphatic rings. The highest BCUT2D eigenvalue weighted by Gasteiger charge is 2.31. The Balaban J connectivity index is 2.13. The summed E-state index contributed by atoms with van der Waals surface area (Å²) in [4.78, 5) is 12.8. The lowest BCUT2D eigenvalue weighted by atomic mass is 10.2. The van der Waals surface area contributed by atoms with Crippen molar-refractivity contribution in [1.29, 1.82) is 0 Å². The second kappa shape index (κ2) is 4.49. The highest BCUT2D eigenvalue weighted by atomic mass is 19.1. The lowest BCUT2D eigenvalue weighted by molar-refractivity contribution is 0.122. The molecule has 0 bridgehead atoms. The number of aliphatic hydroxyl groups is 1. The molecule has 1 saturated heterocycles. The van der Waals surface area contributed by atoms with Crippen molar-refractivity contribution in [3.63, 3.8) is 0 Å². The number of carbonyl (C=O) groups is 1. The van der Waals surface area contributed by atoms with Crippen LogP contribution in [-0.4, -0.2) is 30.5 Å². The maximum Gasteiger partial charge on any atom is 0.414 e. The topological polar surface area (TPSA) is 49.8 Å². The molecule has 1 amide bonds. The average molecular weight is 225 g/mol. The summed E-state index contributed by atoms with van der Waals surface area (Å²) in [7, 11) is 0. The quantitative estimate of drug-likeness (QED) is 0.848. The van der Waals surface area contributed by atoms with Gasteiger partial charge in [-0.05, 0) is 18.2 Å². The Kier molecular flexibility index (Phi) is 3.05. The van der Waals surface area contributed by atoms with E-state index in [1.807, 2.05) is 0 Å². The summed E-state index contributed by atoms with van der Waals surface area (Å²) >= 11 is 0. The molecule has 0 saturated carbocycles. The summed E-state index contributed by atoms with van der Waals surface area (Å²) in [5, 5.41) is 8.74. The molecular weight excluding hydrogens is 213 g/mol. The lowest BCUT2D eigenvalue weighted by Gasteiger charge is -2.12. The highest BCUT2D eigenvalue weighted by molar-refractivity contribution is 5.89. The van der Waals surface area contributed by atoms with Gasteiger partial charge in [-0.25, -0.2) is 9.18 Å². The van der Waals surface area contributed by atoms with Gasteiger partial charge in [0.15, 0.2) is 0 Å². The number of aliphatic hydroxyl groups excluding tert-OH is 1. The molecule has 0 aliphatic carbocycles. The number of nitrogens with zero attached hydrogens (tertiary/aromatic N) is 1. The number of carbonyl (C=O) groups excluding carboxylic acids is 1. The standard InChI is InChI=1S/C11H12FNO3/c12-8-2-1-3-9(6-8)13-7-10(4-5-14)16-11(13)15/h1-3,6,10,14H,4-5,7H2/t10-/m1/s1. The fourth-order valence-corrected chi connectivity index (χ4v) is 1.67. The van der Waals surface area contributed by atoms with Crippen LogP contribution >= 0.6 is 0 Å². The van der Waals surface area contributed by atoms with Crippen LogP contribution in [0.25, 0.3) is 0 Å². The SMILES string of the molecule is O=C1O[C@H](CCO)CN1c1cccc(F)c1. The van der Waals surface area contributed by atoms with Crippen LogP contribution in [0.5, 0.6) is 0 Å². The largest absolute Gasteiger partial charge is 0.444 e. The van der Waals surface area contributed by atoms with E-state index in [4.69, 9.17) is 9.84 Å². The van der Waals surface area contributed by atoms with Gasteiger partial charge in [-0.1, -0.05) is 6.07 Å². The zero-order valence-electron chi connectivity index (χ0n) is 8.60. The summed E-state index contributed by atoms with van der Waals surface area (Å²) < 4.78 is 18.0. The van der Waals surface area contributed by atoms with Crippen molar-refractivity contribution >= 4 is 11.8 Å². The van der Waals surface area contributed by atoms with Gasteiger partial charge >= 0.3 is 6.09 Å². The Labute approximate surface area is 92.2 Å². The van der Waals surface area contributed by atoms with E-state index in [1.165, 1.54) is 23.1 Å². The third kappa shape index (κ3) is 2.14. The Hall–Kier alpha value is -1.62. The number of cyclic esters (lactones) is 1. The van der Waals surface area contributed by atoms with E-state index >= 15 is 0 Å². The number of rotatable bonds is 3. The third-order valence-corrected chi connectivity index (χ3v) is 2.45. The zero-order valence-corrected chi connectivity index (χ0v) is 8.60. The second-order valence-corrected chi connectivity index (χ2v) is 3.61. The molecule has 16 heavy (non-hydrogen) atoms. The molecule has 1 aromatic carbocycles. The van der Waals surface area contributed by atoms with Crippen molar-refractivity contribution in [2.75, 3.05) is 18.1 Å². The van der Waals surface area contributed by atoms with Crippen LogP contribution in [0.4, 0.5) is 14.9 Å². The van der Waals surface area contributed by atoms with Crippen LogP contribution in [0.1, 0.15) is 6.42 Å². The number of hydrogen-bond acceptors (Lipinski definition) is 3. The zero-order chi connectivity index (χ0) is 11.5. The van der Waals surface area contributed by atoms with Crippen molar-refractivity contribution in [3.05, 3.63) is 30.1 Å². The van der Waals surface area contributed by atoms with Gasteiger partial charge < -0.3 is 9.84 Å². The highest BCUT2D eigenvalue weighted by Crippen LogP contribution is 2.23. The first-order chi connectivity index (χ1) is 7.70. The van der Waals surface area contributed by atoms with E-state index in [1.54, 1.807) is 6.07 Å². The minimum absolute atomic E-state index is 0.0328. The predicted molar refractivity (Wildman–Crippen MR) is 55.7 cm³/mol. The maximum absolute atomic E-state index is 13.0. The smallest absolute Gasteiger partial charge is 0.414 e. The second-order valence-electron chi connectivity index (χ2n) is 3.61. The van der Waals surface area contributed by atoms with Gasteiger partial charge in [0.1, 0.15) is 11.9 Å². The van der Waals surface area contributed by atoms with Gasteiger partial charge in [-0.15, -0.1) is 0 Å². The number of amides is 1. The third-order valence-electron chi connectivity index (χ3n) is 2.45. The van der Waals surface area contributed by atoms with Crippen LogP contribution in [0.3, 0.4) is 0 Å². The van der Waals surface area contributed by atoms with Crippen molar-refractivity contribution < 1.29 is 19.0 Å². The van der Waals surface area contributed by atoms with E-state index in [-0.39, 0.29) is 12.7 Å². The van der Waals surface area contributed by atoms with Crippen molar-refractivity contribution in [1.82, 2.24) is 0 Å². The van der Waals surface area contributed by atoms with Crippen LogP contribution in [0, 0.1) is 5.82 Å². The van der Waals surface area contributed by atoms with Gasteiger partial charge in [0.2, 0.25) is 0 Å². The first-order valence-electron chi connectivity index (χ1n) is 5.05. The van der Waals surface area contributed by atoms with Crippen LogP contribution in [-0.2, 0) is 4.74 Å². The number of hydrogen-bond donors (Lipinski definition) is 1. The molecule has 0 unspecified atom stereocenters. The molecule has 86 valence electrons. The van der Waals surface area contributed by atoms with Gasteiger partial charge in [-0.3, -0.25) is 4.90 Å². The molecule has 2 rings (SSSR count). The molecule has 1 N–H and O–H groups in total. The Morgan fingerprint density at radius 1 is 1.56 bits per heavy atom. The molecule has 1 atom stereocenters. The van der Waals surface area contributed by atoms with E-state index in [2.05, 4.69) is 0 Å². The van der Waals surface area contributed by atoms with E-state index in [0.717, 1.165) is 0 Å². The van der Waals surface area contributed by atoms with Crippen molar-refractivity contribution in [2.24, 2.45) is 0 Å². The Bertz CT molecular complexity index is 397. The fourth-order valence-electron chi connectivity index (χ4n) is 1.67. The van der Waals surface area contributed by atoms with E-state index in [9.17, 15) is 9.18 Å². The molecule has 1 aliphatic heterocycles. The normalized spacial score (nSPS) is 20.0. The first-order valence-corrected chi connectivity index (χ1v) is 5.05. The average Bonchev–Trinajstić information content (AvgIpc) is 2.60. The molecule has 0 spiro atoms. The van der Waals surface area contributed by atoms with Gasteiger partial charge in [-0.2, -0.15) is 0 Å². The first kappa shape index (κ1) is 10.9. The van der Waals surface area contributed by atoms with Gasteiger partial charge in [0.25, 0.3) is 0 Å². The molecular formula is C11H12FNO3. The van der Waals surface area contributed by atoms with Crippen LogP contribution in [0.2, 0.25) is 0 Å². The lowest BCUT2D eigenvalue weighted by Crippen LogP contribution is -2.24. The number of benzene rings is 1. The molecule has 0 radical (unpaired) electrons. The molecule has 1 aromatic rings. The molecule has 4 nitrogen and oxygen atoms in total. The summed E-state index contributed by atoms with van der Waals surface area (Å²) in [5.74, 6) is -0.393. The molecule has 0 aromatic heterocycles. The van der Waals surface area contributed by atoms with E-state index in [0.29, 0.717) is 18.7 Å². The monoisotopic (exact) mass is 225 g/mol. The molecule has 1 heterocycles. The Morgan fingerprint density at radius 2 is 2.38 bits per heavy atom. The maximum atomic E-state index is 13.0. The van der Waals surface area contributed by atoms with Crippen LogP contribution < -0.4 is 4.90 Å². The molecule has 5 heteroatoms. The summed E-state index contributed by atoms with van der Waals surface area (Å²) in [6.07, 6.45) is -0.415. The van der Waals surface area contributed by atoms with Crippen molar-refractivity contribution in [2.45, 2.75) is 12.5 Å². The number of halogens is 1.